The zero-order chi connectivity index (χ0) is 16.6. The Morgan fingerprint density at radius 1 is 1.30 bits per heavy atom. The van der Waals surface area contributed by atoms with E-state index >= 15 is 0 Å². The van der Waals surface area contributed by atoms with Gasteiger partial charge in [0, 0.05) is 20.1 Å². The lowest BCUT2D eigenvalue weighted by atomic mass is 10.2. The Hall–Kier alpha value is -2.08. The molecule has 124 valence electrons. The molecule has 1 atom stereocenters. The average molecular weight is 317 g/mol. The van der Waals surface area contributed by atoms with E-state index in [1.807, 2.05) is 31.2 Å². The number of nitrogens with zero attached hydrogens (tertiary/aromatic N) is 3. The van der Waals surface area contributed by atoms with Crippen molar-refractivity contribution < 1.29 is 9.90 Å². The first-order valence-electron chi connectivity index (χ1n) is 8.13. The normalized spacial score (nSPS) is 15.8. The first kappa shape index (κ1) is 15.8. The Labute approximate surface area is 134 Å². The minimum Gasteiger partial charge on any atom is -0.391 e. The number of hydrogen-bond donors (Lipinski definition) is 1. The summed E-state index contributed by atoms with van der Waals surface area (Å²) in [5.41, 5.74) is 1.44. The van der Waals surface area contributed by atoms with Gasteiger partial charge in [-0.05, 0) is 37.8 Å². The highest BCUT2D eigenvalue weighted by Gasteiger charge is 2.31. The van der Waals surface area contributed by atoms with E-state index in [-0.39, 0.29) is 18.1 Å². The van der Waals surface area contributed by atoms with Crippen LogP contribution in [-0.2, 0) is 17.9 Å². The number of carbonyl (C=O) groups is 1. The third-order valence-corrected chi connectivity index (χ3v) is 4.59. The van der Waals surface area contributed by atoms with Crippen molar-refractivity contribution >= 4 is 16.9 Å². The Morgan fingerprint density at radius 2 is 1.91 bits per heavy atom. The van der Waals surface area contributed by atoms with Crippen LogP contribution < -0.4 is 5.69 Å². The summed E-state index contributed by atoms with van der Waals surface area (Å²) in [7, 11) is 1.68. The van der Waals surface area contributed by atoms with Crippen molar-refractivity contribution in [2.45, 2.75) is 39.0 Å². The molecule has 1 aliphatic carbocycles. The molecule has 0 bridgehead atoms. The predicted octanol–water partition coefficient (Wildman–Crippen LogP) is 1.05. The molecule has 1 aromatic heterocycles. The van der Waals surface area contributed by atoms with E-state index in [0.717, 1.165) is 23.9 Å². The largest absolute Gasteiger partial charge is 0.391 e. The zero-order valence-corrected chi connectivity index (χ0v) is 13.6. The van der Waals surface area contributed by atoms with Crippen LogP contribution in [0.25, 0.3) is 11.0 Å². The van der Waals surface area contributed by atoms with Gasteiger partial charge in [0.05, 0.1) is 17.1 Å². The molecule has 0 saturated heterocycles. The SMILES string of the molecule is CCn1c(=O)n(CC(=O)N(C)CC(O)C2CC2)c2ccccc21. The fourth-order valence-electron chi connectivity index (χ4n) is 3.00. The first-order valence-corrected chi connectivity index (χ1v) is 8.13. The lowest BCUT2D eigenvalue weighted by Crippen LogP contribution is -2.39. The average Bonchev–Trinajstić information content (AvgIpc) is 3.35. The summed E-state index contributed by atoms with van der Waals surface area (Å²) < 4.78 is 3.18. The molecule has 6 nitrogen and oxygen atoms in total. The summed E-state index contributed by atoms with van der Waals surface area (Å²) in [6, 6.07) is 7.50. The summed E-state index contributed by atoms with van der Waals surface area (Å²) in [6.07, 6.45) is 1.61. The standard InChI is InChI=1S/C17H23N3O3/c1-3-19-13-6-4-5-7-14(13)20(17(19)23)11-16(22)18(2)10-15(21)12-8-9-12/h4-7,12,15,21H,3,8-11H2,1-2H3. The third-order valence-electron chi connectivity index (χ3n) is 4.59. The van der Waals surface area contributed by atoms with Gasteiger partial charge in [-0.2, -0.15) is 0 Å². The molecule has 0 radical (unpaired) electrons. The second kappa shape index (κ2) is 6.20. The highest BCUT2D eigenvalue weighted by Crippen LogP contribution is 2.32. The van der Waals surface area contributed by atoms with Crippen molar-refractivity contribution in [2.75, 3.05) is 13.6 Å². The Morgan fingerprint density at radius 3 is 2.48 bits per heavy atom. The molecule has 1 saturated carbocycles. The lowest BCUT2D eigenvalue weighted by Gasteiger charge is -2.20. The summed E-state index contributed by atoms with van der Waals surface area (Å²) in [4.78, 5) is 26.5. The van der Waals surface area contributed by atoms with Gasteiger partial charge in [0.15, 0.2) is 0 Å². The van der Waals surface area contributed by atoms with Crippen LogP contribution in [0.3, 0.4) is 0 Å². The van der Waals surface area contributed by atoms with E-state index in [1.54, 1.807) is 11.6 Å². The van der Waals surface area contributed by atoms with Gasteiger partial charge in [0.2, 0.25) is 5.91 Å². The predicted molar refractivity (Wildman–Crippen MR) is 88.2 cm³/mol. The molecule has 1 amide bonds. The summed E-state index contributed by atoms with van der Waals surface area (Å²) in [6.45, 7) is 2.81. The number of aliphatic hydroxyl groups excluding tert-OH is 1. The number of fused-ring (bicyclic) bond motifs is 1. The number of hydrogen-bond acceptors (Lipinski definition) is 3. The van der Waals surface area contributed by atoms with E-state index in [0.29, 0.717) is 19.0 Å². The van der Waals surface area contributed by atoms with Crippen LogP contribution in [0.1, 0.15) is 19.8 Å². The number of rotatable bonds is 6. The molecule has 1 unspecified atom stereocenters. The number of aromatic nitrogens is 2. The maximum atomic E-state index is 12.5. The second-order valence-corrected chi connectivity index (χ2v) is 6.28. The first-order chi connectivity index (χ1) is 11.0. The van der Waals surface area contributed by atoms with Gasteiger partial charge in [-0.15, -0.1) is 0 Å². The van der Waals surface area contributed by atoms with Crippen molar-refractivity contribution in [1.82, 2.24) is 14.0 Å². The number of likely N-dealkylation sites (N-methyl/N-ethyl adjacent to an activating group) is 1. The van der Waals surface area contributed by atoms with Gasteiger partial charge in [0.25, 0.3) is 0 Å². The Kier molecular flexibility index (Phi) is 4.26. The van der Waals surface area contributed by atoms with Gasteiger partial charge in [-0.1, -0.05) is 12.1 Å². The topological polar surface area (TPSA) is 67.5 Å². The number of amides is 1. The lowest BCUT2D eigenvalue weighted by molar-refractivity contribution is -0.131. The molecular weight excluding hydrogens is 294 g/mol. The van der Waals surface area contributed by atoms with Crippen molar-refractivity contribution in [3.05, 3.63) is 34.7 Å². The number of aliphatic hydroxyl groups is 1. The van der Waals surface area contributed by atoms with Crippen LogP contribution in [-0.4, -0.2) is 44.7 Å². The van der Waals surface area contributed by atoms with Crippen LogP contribution in [0, 0.1) is 5.92 Å². The molecular formula is C17H23N3O3. The maximum absolute atomic E-state index is 12.5. The summed E-state index contributed by atoms with van der Waals surface area (Å²) in [5, 5.41) is 9.98. The number of carbonyl (C=O) groups excluding carboxylic acids is 1. The van der Waals surface area contributed by atoms with E-state index < -0.39 is 6.10 Å². The quantitative estimate of drug-likeness (QED) is 0.866. The molecule has 6 heteroatoms. The van der Waals surface area contributed by atoms with Gasteiger partial charge >= 0.3 is 5.69 Å². The summed E-state index contributed by atoms with van der Waals surface area (Å²) >= 11 is 0. The molecule has 1 heterocycles. The zero-order valence-electron chi connectivity index (χ0n) is 13.6. The van der Waals surface area contributed by atoms with E-state index in [2.05, 4.69) is 0 Å². The molecule has 2 aromatic rings. The van der Waals surface area contributed by atoms with Crippen LogP contribution in [0.4, 0.5) is 0 Å². The van der Waals surface area contributed by atoms with E-state index in [1.165, 1.54) is 9.47 Å². The van der Waals surface area contributed by atoms with Gasteiger partial charge in [-0.25, -0.2) is 4.79 Å². The molecule has 1 aliphatic rings. The highest BCUT2D eigenvalue weighted by atomic mass is 16.3. The van der Waals surface area contributed by atoms with Gasteiger partial charge < -0.3 is 10.0 Å². The van der Waals surface area contributed by atoms with Crippen molar-refractivity contribution in [3.63, 3.8) is 0 Å². The van der Waals surface area contributed by atoms with Crippen molar-refractivity contribution in [1.29, 1.82) is 0 Å². The number of benzene rings is 1. The molecule has 3 rings (SSSR count). The van der Waals surface area contributed by atoms with E-state index in [9.17, 15) is 14.7 Å². The van der Waals surface area contributed by atoms with Gasteiger partial charge in [0.1, 0.15) is 6.54 Å². The van der Waals surface area contributed by atoms with Crippen LogP contribution in [0.2, 0.25) is 0 Å². The Balaban J connectivity index is 1.82. The second-order valence-electron chi connectivity index (χ2n) is 6.28. The van der Waals surface area contributed by atoms with Crippen molar-refractivity contribution in [3.8, 4) is 0 Å². The number of aryl methyl sites for hydroxylation is 1. The molecule has 1 N–H and O–H groups in total. The van der Waals surface area contributed by atoms with E-state index in [4.69, 9.17) is 0 Å². The molecule has 0 spiro atoms. The van der Waals surface area contributed by atoms with Crippen LogP contribution >= 0.6 is 0 Å². The highest BCUT2D eigenvalue weighted by molar-refractivity contribution is 5.80. The van der Waals surface area contributed by atoms with Crippen LogP contribution in [0.15, 0.2) is 29.1 Å². The van der Waals surface area contributed by atoms with Crippen molar-refractivity contribution in [2.24, 2.45) is 5.92 Å². The number of imidazole rings is 1. The molecule has 1 aromatic carbocycles. The van der Waals surface area contributed by atoms with Crippen LogP contribution in [0.5, 0.6) is 0 Å². The minimum absolute atomic E-state index is 0.000231. The smallest absolute Gasteiger partial charge is 0.329 e. The summed E-state index contributed by atoms with van der Waals surface area (Å²) in [5.74, 6) is 0.167. The Bertz CT molecular complexity index is 773. The minimum atomic E-state index is -0.461. The third kappa shape index (κ3) is 3.03. The number of para-hydroxylation sites is 2. The fourth-order valence-corrected chi connectivity index (χ4v) is 3.00. The fraction of sp³-hybridized carbons (Fsp3) is 0.529. The maximum Gasteiger partial charge on any atom is 0.329 e. The molecule has 0 aliphatic heterocycles. The molecule has 1 fully saturated rings. The van der Waals surface area contributed by atoms with Gasteiger partial charge in [-0.3, -0.25) is 13.9 Å². The monoisotopic (exact) mass is 317 g/mol. The molecule has 23 heavy (non-hydrogen) atoms.